The minimum atomic E-state index is -1.25. The summed E-state index contributed by atoms with van der Waals surface area (Å²) in [4.78, 5) is 15.3. The van der Waals surface area contributed by atoms with Crippen LogP contribution in [0.25, 0.3) is 10.9 Å². The highest BCUT2D eigenvalue weighted by Crippen LogP contribution is 2.19. The number of esters is 1. The van der Waals surface area contributed by atoms with E-state index in [1.165, 1.54) is 7.11 Å². The highest BCUT2D eigenvalue weighted by molar-refractivity contribution is 5.82. The van der Waals surface area contributed by atoms with Crippen LogP contribution in [0.1, 0.15) is 11.7 Å². The van der Waals surface area contributed by atoms with Crippen LogP contribution in [0.2, 0.25) is 0 Å². The minimum absolute atomic E-state index is 0.484. The number of hydrogen-bond acceptors (Lipinski definition) is 4. The molecular weight excluding hydrogens is 206 g/mol. The Morgan fingerprint density at radius 2 is 2.25 bits per heavy atom. The molecule has 1 N–H and O–H groups in total. The Morgan fingerprint density at radius 3 is 3.00 bits per heavy atom. The van der Waals surface area contributed by atoms with Gasteiger partial charge in [0, 0.05) is 11.6 Å². The zero-order valence-corrected chi connectivity index (χ0v) is 8.75. The minimum Gasteiger partial charge on any atom is -0.467 e. The van der Waals surface area contributed by atoms with E-state index >= 15 is 0 Å². The van der Waals surface area contributed by atoms with Crippen molar-refractivity contribution in [2.75, 3.05) is 7.11 Å². The maximum absolute atomic E-state index is 11.2. The van der Waals surface area contributed by atoms with Crippen molar-refractivity contribution in [1.82, 2.24) is 4.98 Å². The van der Waals surface area contributed by atoms with E-state index in [4.69, 9.17) is 0 Å². The number of methoxy groups -OCH3 is 1. The van der Waals surface area contributed by atoms with Crippen LogP contribution in [-0.2, 0) is 9.53 Å². The molecule has 0 aliphatic rings. The third-order valence-electron chi connectivity index (χ3n) is 2.37. The fourth-order valence-corrected chi connectivity index (χ4v) is 1.50. The molecule has 0 aliphatic heterocycles. The fraction of sp³-hybridized carbons (Fsp3) is 0.167. The Bertz CT molecular complexity index is 524. The molecule has 1 unspecified atom stereocenters. The van der Waals surface area contributed by atoms with E-state index in [9.17, 15) is 9.90 Å². The van der Waals surface area contributed by atoms with Gasteiger partial charge >= 0.3 is 5.97 Å². The monoisotopic (exact) mass is 217 g/mol. The third-order valence-corrected chi connectivity index (χ3v) is 2.37. The molecule has 0 bridgehead atoms. The fourth-order valence-electron chi connectivity index (χ4n) is 1.50. The van der Waals surface area contributed by atoms with Gasteiger partial charge in [-0.1, -0.05) is 18.2 Å². The first-order valence-corrected chi connectivity index (χ1v) is 4.83. The summed E-state index contributed by atoms with van der Waals surface area (Å²) < 4.78 is 4.47. The molecular formula is C12H11NO3. The number of ether oxygens (including phenoxy) is 1. The van der Waals surface area contributed by atoms with E-state index in [1.807, 2.05) is 18.2 Å². The van der Waals surface area contributed by atoms with Gasteiger partial charge in [-0.25, -0.2) is 4.79 Å². The standard InChI is InChI=1S/C12H11NO3/c1-16-12(15)11(14)9-5-4-8-3-2-6-13-10(8)7-9/h2-7,11,14H,1H3. The van der Waals surface area contributed by atoms with Crippen LogP contribution in [0, 0.1) is 0 Å². The zero-order chi connectivity index (χ0) is 11.5. The Morgan fingerprint density at radius 1 is 1.44 bits per heavy atom. The molecule has 82 valence electrons. The van der Waals surface area contributed by atoms with Gasteiger partial charge in [-0.2, -0.15) is 0 Å². The largest absolute Gasteiger partial charge is 0.467 e. The SMILES string of the molecule is COC(=O)C(O)c1ccc2cccnc2c1. The highest BCUT2D eigenvalue weighted by atomic mass is 16.5. The van der Waals surface area contributed by atoms with Crippen LogP contribution in [0.5, 0.6) is 0 Å². The number of aliphatic hydroxyl groups excluding tert-OH is 1. The normalized spacial score (nSPS) is 12.4. The first-order chi connectivity index (χ1) is 7.72. The number of carbonyl (C=O) groups is 1. The predicted octanol–water partition coefficient (Wildman–Crippen LogP) is 1.44. The number of rotatable bonds is 2. The Balaban J connectivity index is 2.43. The molecule has 2 aromatic rings. The van der Waals surface area contributed by atoms with E-state index in [2.05, 4.69) is 9.72 Å². The maximum atomic E-state index is 11.2. The molecule has 0 saturated heterocycles. The summed E-state index contributed by atoms with van der Waals surface area (Å²) >= 11 is 0. The van der Waals surface area contributed by atoms with Crippen molar-refractivity contribution >= 4 is 16.9 Å². The Labute approximate surface area is 92.5 Å². The molecule has 0 fully saturated rings. The molecule has 1 aromatic heterocycles. The van der Waals surface area contributed by atoms with Crippen molar-refractivity contribution in [2.45, 2.75) is 6.10 Å². The molecule has 4 nitrogen and oxygen atoms in total. The number of carbonyl (C=O) groups excluding carboxylic acids is 1. The van der Waals surface area contributed by atoms with Gasteiger partial charge in [-0.3, -0.25) is 4.98 Å². The number of aromatic nitrogens is 1. The van der Waals surface area contributed by atoms with Crippen molar-refractivity contribution in [1.29, 1.82) is 0 Å². The number of benzene rings is 1. The van der Waals surface area contributed by atoms with Crippen LogP contribution in [0.4, 0.5) is 0 Å². The number of pyridine rings is 1. The molecule has 4 heteroatoms. The third kappa shape index (κ3) is 1.87. The van der Waals surface area contributed by atoms with Crippen molar-refractivity contribution in [3.8, 4) is 0 Å². The highest BCUT2D eigenvalue weighted by Gasteiger charge is 2.17. The van der Waals surface area contributed by atoms with Gasteiger partial charge in [0.05, 0.1) is 12.6 Å². The lowest BCUT2D eigenvalue weighted by molar-refractivity contribution is -0.150. The summed E-state index contributed by atoms with van der Waals surface area (Å²) in [6.07, 6.45) is 0.410. The number of hydrogen-bond donors (Lipinski definition) is 1. The van der Waals surface area contributed by atoms with E-state index in [1.54, 1.807) is 18.3 Å². The summed E-state index contributed by atoms with van der Waals surface area (Å²) in [6.45, 7) is 0. The van der Waals surface area contributed by atoms with Crippen molar-refractivity contribution in [3.63, 3.8) is 0 Å². The summed E-state index contributed by atoms with van der Waals surface area (Å²) in [6, 6.07) is 8.92. The average Bonchev–Trinajstić information content (AvgIpc) is 2.36. The lowest BCUT2D eigenvalue weighted by Crippen LogP contribution is -2.13. The Hall–Kier alpha value is -1.94. The lowest BCUT2D eigenvalue weighted by atomic mass is 10.1. The van der Waals surface area contributed by atoms with Gasteiger partial charge in [-0.15, -0.1) is 0 Å². The first-order valence-electron chi connectivity index (χ1n) is 4.83. The maximum Gasteiger partial charge on any atom is 0.339 e. The molecule has 0 amide bonds. The average molecular weight is 217 g/mol. The molecule has 0 radical (unpaired) electrons. The molecule has 2 rings (SSSR count). The molecule has 0 aliphatic carbocycles. The zero-order valence-electron chi connectivity index (χ0n) is 8.75. The van der Waals surface area contributed by atoms with E-state index in [0.29, 0.717) is 5.56 Å². The molecule has 16 heavy (non-hydrogen) atoms. The molecule has 1 atom stereocenters. The van der Waals surface area contributed by atoms with E-state index in [-0.39, 0.29) is 0 Å². The smallest absolute Gasteiger partial charge is 0.339 e. The second-order valence-electron chi connectivity index (χ2n) is 3.38. The summed E-state index contributed by atoms with van der Waals surface area (Å²) in [5.41, 5.74) is 1.22. The van der Waals surface area contributed by atoms with Gasteiger partial charge in [-0.05, 0) is 17.7 Å². The second-order valence-corrected chi connectivity index (χ2v) is 3.38. The van der Waals surface area contributed by atoms with Crippen molar-refractivity contribution in [3.05, 3.63) is 42.1 Å². The van der Waals surface area contributed by atoms with E-state index < -0.39 is 12.1 Å². The van der Waals surface area contributed by atoms with Crippen LogP contribution < -0.4 is 0 Å². The van der Waals surface area contributed by atoms with E-state index in [0.717, 1.165) is 10.9 Å². The topological polar surface area (TPSA) is 59.4 Å². The molecule has 0 saturated carbocycles. The van der Waals surface area contributed by atoms with Crippen molar-refractivity contribution < 1.29 is 14.6 Å². The Kier molecular flexibility index (Phi) is 2.83. The molecule has 1 heterocycles. The van der Waals surface area contributed by atoms with Crippen molar-refractivity contribution in [2.24, 2.45) is 0 Å². The summed E-state index contributed by atoms with van der Waals surface area (Å²) in [5.74, 6) is -0.671. The van der Waals surface area contributed by atoms with Crippen LogP contribution in [0.3, 0.4) is 0 Å². The van der Waals surface area contributed by atoms with Gasteiger partial charge in [0.2, 0.25) is 0 Å². The predicted molar refractivity (Wildman–Crippen MR) is 58.7 cm³/mol. The lowest BCUT2D eigenvalue weighted by Gasteiger charge is -2.08. The first kappa shape index (κ1) is 10.6. The van der Waals surface area contributed by atoms with Gasteiger partial charge in [0.15, 0.2) is 6.10 Å². The molecule has 1 aromatic carbocycles. The number of fused-ring (bicyclic) bond motifs is 1. The number of aliphatic hydroxyl groups is 1. The number of nitrogens with zero attached hydrogens (tertiary/aromatic N) is 1. The second kappa shape index (κ2) is 4.28. The van der Waals surface area contributed by atoms with Gasteiger partial charge in [0.25, 0.3) is 0 Å². The van der Waals surface area contributed by atoms with Gasteiger partial charge in [0.1, 0.15) is 0 Å². The van der Waals surface area contributed by atoms with Crippen LogP contribution in [0.15, 0.2) is 36.5 Å². The van der Waals surface area contributed by atoms with Gasteiger partial charge < -0.3 is 9.84 Å². The summed E-state index contributed by atoms with van der Waals surface area (Å²) in [5, 5.41) is 10.6. The quantitative estimate of drug-likeness (QED) is 0.773. The summed E-state index contributed by atoms with van der Waals surface area (Å²) in [7, 11) is 1.24. The van der Waals surface area contributed by atoms with Crippen LogP contribution in [-0.4, -0.2) is 23.2 Å². The van der Waals surface area contributed by atoms with Crippen LogP contribution >= 0.6 is 0 Å². The molecule has 0 spiro atoms.